The molecule has 0 aliphatic heterocycles. The van der Waals surface area contributed by atoms with Gasteiger partial charge in [-0.2, -0.15) is 0 Å². The molecular formula is C16H24Cl2N3O2+. The second-order valence-electron chi connectivity index (χ2n) is 5.41. The Bertz CT molecular complexity index is 552. The van der Waals surface area contributed by atoms with E-state index in [4.69, 9.17) is 23.2 Å². The number of likely N-dealkylation sites (N-methyl/N-ethyl adjacent to an activating group) is 3. The van der Waals surface area contributed by atoms with Crippen LogP contribution >= 0.6 is 23.2 Å². The van der Waals surface area contributed by atoms with Crippen molar-refractivity contribution >= 4 is 35.0 Å². The number of nitrogens with zero attached hydrogens (tertiary/aromatic N) is 1. The molecule has 0 spiro atoms. The zero-order valence-corrected chi connectivity index (χ0v) is 15.3. The Morgan fingerprint density at radius 2 is 1.87 bits per heavy atom. The van der Waals surface area contributed by atoms with Gasteiger partial charge in [-0.05, 0) is 31.5 Å². The quantitative estimate of drug-likeness (QED) is 0.726. The highest BCUT2D eigenvalue weighted by Gasteiger charge is 2.19. The molecule has 1 unspecified atom stereocenters. The average molecular weight is 361 g/mol. The lowest BCUT2D eigenvalue weighted by molar-refractivity contribution is -0.882. The Labute approximate surface area is 147 Å². The molecule has 0 aromatic heterocycles. The summed E-state index contributed by atoms with van der Waals surface area (Å²) in [4.78, 5) is 26.5. The van der Waals surface area contributed by atoms with Crippen LogP contribution in [0, 0.1) is 0 Å². The summed E-state index contributed by atoms with van der Waals surface area (Å²) in [5.41, 5.74) is 0.914. The number of carbonyl (C=O) groups is 2. The number of rotatable bonds is 8. The van der Waals surface area contributed by atoms with E-state index in [9.17, 15) is 9.59 Å². The third-order valence-corrected chi connectivity index (χ3v) is 4.25. The maximum absolute atomic E-state index is 12.3. The SMILES string of the molecule is CCNC(=O)C[NH+](CC)CC(=O)N(C)Cc1ccc(Cl)c(Cl)c1. The number of nitrogens with one attached hydrogen (secondary N) is 2. The van der Waals surface area contributed by atoms with E-state index in [1.165, 1.54) is 0 Å². The summed E-state index contributed by atoms with van der Waals surface area (Å²) in [6.45, 7) is 6.18. The van der Waals surface area contributed by atoms with Gasteiger partial charge >= 0.3 is 0 Å². The monoisotopic (exact) mass is 360 g/mol. The van der Waals surface area contributed by atoms with Gasteiger partial charge in [0.1, 0.15) is 0 Å². The highest BCUT2D eigenvalue weighted by Crippen LogP contribution is 2.23. The van der Waals surface area contributed by atoms with E-state index in [2.05, 4.69) is 5.32 Å². The van der Waals surface area contributed by atoms with Crippen molar-refractivity contribution in [2.24, 2.45) is 0 Å². The molecule has 1 rings (SSSR count). The van der Waals surface area contributed by atoms with Gasteiger partial charge < -0.3 is 15.1 Å². The Hall–Kier alpha value is -1.30. The van der Waals surface area contributed by atoms with Crippen LogP contribution in [0.25, 0.3) is 0 Å². The summed E-state index contributed by atoms with van der Waals surface area (Å²) in [5.74, 6) is -0.0542. The predicted molar refractivity (Wildman–Crippen MR) is 92.9 cm³/mol. The van der Waals surface area contributed by atoms with Crippen molar-refractivity contribution in [3.8, 4) is 0 Å². The van der Waals surface area contributed by atoms with Crippen molar-refractivity contribution in [2.45, 2.75) is 20.4 Å². The minimum Gasteiger partial charge on any atom is -0.351 e. The summed E-state index contributed by atoms with van der Waals surface area (Å²) in [7, 11) is 1.74. The number of amides is 2. The molecule has 2 amide bonds. The predicted octanol–water partition coefficient (Wildman–Crippen LogP) is 0.993. The molecule has 1 aromatic rings. The van der Waals surface area contributed by atoms with Crippen LogP contribution in [0.2, 0.25) is 10.0 Å². The number of hydrogen-bond donors (Lipinski definition) is 2. The van der Waals surface area contributed by atoms with Crippen molar-refractivity contribution in [3.05, 3.63) is 33.8 Å². The van der Waals surface area contributed by atoms with Gasteiger partial charge in [0.25, 0.3) is 11.8 Å². The number of halogens is 2. The third-order valence-electron chi connectivity index (χ3n) is 3.52. The number of hydrogen-bond acceptors (Lipinski definition) is 2. The van der Waals surface area contributed by atoms with E-state index in [0.29, 0.717) is 36.2 Å². The van der Waals surface area contributed by atoms with Crippen LogP contribution in [0.3, 0.4) is 0 Å². The standard InChI is InChI=1S/C16H23Cl2N3O2/c1-4-19-15(22)10-21(5-2)11-16(23)20(3)9-12-6-7-13(17)14(18)8-12/h6-8H,4-5,9-11H2,1-3H3,(H,19,22)/p+1. The summed E-state index contributed by atoms with van der Waals surface area (Å²) in [5, 5.41) is 3.72. The highest BCUT2D eigenvalue weighted by molar-refractivity contribution is 6.42. The van der Waals surface area contributed by atoms with Crippen molar-refractivity contribution < 1.29 is 14.5 Å². The average Bonchev–Trinajstić information content (AvgIpc) is 2.50. The zero-order chi connectivity index (χ0) is 17.4. The Morgan fingerprint density at radius 1 is 1.17 bits per heavy atom. The topological polar surface area (TPSA) is 53.9 Å². The van der Waals surface area contributed by atoms with Crippen LogP contribution in [0.15, 0.2) is 18.2 Å². The van der Waals surface area contributed by atoms with Gasteiger partial charge in [-0.15, -0.1) is 0 Å². The van der Waals surface area contributed by atoms with Gasteiger partial charge in [-0.3, -0.25) is 9.59 Å². The van der Waals surface area contributed by atoms with Crippen LogP contribution in [-0.4, -0.2) is 49.9 Å². The van der Waals surface area contributed by atoms with E-state index in [1.54, 1.807) is 24.1 Å². The zero-order valence-electron chi connectivity index (χ0n) is 13.8. The molecule has 0 aliphatic rings. The van der Waals surface area contributed by atoms with Gasteiger partial charge in [-0.25, -0.2) is 0 Å². The molecule has 0 aliphatic carbocycles. The van der Waals surface area contributed by atoms with E-state index >= 15 is 0 Å². The first-order valence-corrected chi connectivity index (χ1v) is 8.41. The van der Waals surface area contributed by atoms with Crippen molar-refractivity contribution in [3.63, 3.8) is 0 Å². The minimum absolute atomic E-state index is 0.0165. The molecular weight excluding hydrogens is 337 g/mol. The molecule has 128 valence electrons. The van der Waals surface area contributed by atoms with Gasteiger partial charge in [0.15, 0.2) is 13.1 Å². The maximum Gasteiger partial charge on any atom is 0.277 e. The lowest BCUT2D eigenvalue weighted by Crippen LogP contribution is -3.14. The van der Waals surface area contributed by atoms with Gasteiger partial charge in [0.05, 0.1) is 16.6 Å². The fraction of sp³-hybridized carbons (Fsp3) is 0.500. The molecule has 0 saturated carbocycles. The van der Waals surface area contributed by atoms with Gasteiger partial charge in [-0.1, -0.05) is 29.3 Å². The highest BCUT2D eigenvalue weighted by atomic mass is 35.5. The van der Waals surface area contributed by atoms with Crippen LogP contribution < -0.4 is 10.2 Å². The van der Waals surface area contributed by atoms with Crippen molar-refractivity contribution in [2.75, 3.05) is 33.2 Å². The molecule has 0 heterocycles. The molecule has 2 N–H and O–H groups in total. The molecule has 0 fully saturated rings. The van der Waals surface area contributed by atoms with Gasteiger partial charge in [0, 0.05) is 20.1 Å². The molecule has 1 atom stereocenters. The van der Waals surface area contributed by atoms with E-state index < -0.39 is 0 Å². The fourth-order valence-corrected chi connectivity index (χ4v) is 2.47. The molecule has 1 aromatic carbocycles. The fourth-order valence-electron chi connectivity index (χ4n) is 2.15. The van der Waals surface area contributed by atoms with E-state index in [1.807, 2.05) is 19.9 Å². The molecule has 5 nitrogen and oxygen atoms in total. The summed E-state index contributed by atoms with van der Waals surface area (Å²) < 4.78 is 0. The number of quaternary nitrogens is 1. The first kappa shape index (κ1) is 19.7. The van der Waals surface area contributed by atoms with Crippen LogP contribution in [0.4, 0.5) is 0 Å². The first-order valence-electron chi connectivity index (χ1n) is 7.65. The van der Waals surface area contributed by atoms with E-state index in [-0.39, 0.29) is 18.4 Å². The maximum atomic E-state index is 12.3. The normalized spacial score (nSPS) is 11.9. The summed E-state index contributed by atoms with van der Waals surface area (Å²) in [6.07, 6.45) is 0. The molecule has 0 saturated heterocycles. The Kier molecular flexibility index (Phi) is 8.37. The van der Waals surface area contributed by atoms with Crippen molar-refractivity contribution in [1.82, 2.24) is 10.2 Å². The minimum atomic E-state index is -0.0377. The first-order chi connectivity index (χ1) is 10.9. The molecule has 7 heteroatoms. The molecule has 0 radical (unpaired) electrons. The second-order valence-corrected chi connectivity index (χ2v) is 6.22. The number of benzene rings is 1. The second kappa shape index (κ2) is 9.75. The third kappa shape index (κ3) is 6.77. The Balaban J connectivity index is 2.57. The lowest BCUT2D eigenvalue weighted by Gasteiger charge is -2.21. The van der Waals surface area contributed by atoms with E-state index in [0.717, 1.165) is 10.5 Å². The van der Waals surface area contributed by atoms with Crippen molar-refractivity contribution in [1.29, 1.82) is 0 Å². The Morgan fingerprint density at radius 3 is 2.43 bits per heavy atom. The lowest BCUT2D eigenvalue weighted by atomic mass is 10.2. The van der Waals surface area contributed by atoms with Gasteiger partial charge in [0.2, 0.25) is 0 Å². The number of carbonyl (C=O) groups excluding carboxylic acids is 2. The molecule has 23 heavy (non-hydrogen) atoms. The smallest absolute Gasteiger partial charge is 0.277 e. The molecule has 0 bridgehead atoms. The van der Waals surface area contributed by atoms with Crippen LogP contribution in [-0.2, 0) is 16.1 Å². The summed E-state index contributed by atoms with van der Waals surface area (Å²) in [6, 6.07) is 5.32. The largest absolute Gasteiger partial charge is 0.351 e. The van der Waals surface area contributed by atoms with Crippen LogP contribution in [0.1, 0.15) is 19.4 Å². The van der Waals surface area contributed by atoms with Crippen LogP contribution in [0.5, 0.6) is 0 Å². The summed E-state index contributed by atoms with van der Waals surface area (Å²) >= 11 is 11.9.